The standard InChI is InChI=1S/C17H21ClN2O2/c1-21-15-6-5-13(18)12-14(15)17(16-4-2-11-22-16)20-9-3-7-19-8-10-20/h2,4-6,11-12,17,19H,3,7-10H2,1H3. The van der Waals surface area contributed by atoms with Gasteiger partial charge in [-0.15, -0.1) is 0 Å². The zero-order valence-corrected chi connectivity index (χ0v) is 13.5. The van der Waals surface area contributed by atoms with Crippen LogP contribution >= 0.6 is 11.6 Å². The van der Waals surface area contributed by atoms with Gasteiger partial charge in [0.05, 0.1) is 19.4 Å². The SMILES string of the molecule is COc1ccc(Cl)cc1C(c1ccco1)N1CCCNCC1. The summed E-state index contributed by atoms with van der Waals surface area (Å²) in [4.78, 5) is 2.42. The summed E-state index contributed by atoms with van der Waals surface area (Å²) in [6.45, 7) is 3.99. The Morgan fingerprint density at radius 3 is 2.95 bits per heavy atom. The molecule has 1 aliphatic rings. The Labute approximate surface area is 136 Å². The minimum absolute atomic E-state index is 0.0172. The summed E-state index contributed by atoms with van der Waals surface area (Å²) in [5, 5.41) is 4.15. The smallest absolute Gasteiger partial charge is 0.125 e. The van der Waals surface area contributed by atoms with E-state index in [0.717, 1.165) is 49.7 Å². The molecule has 1 N–H and O–H groups in total. The average molecular weight is 321 g/mol. The number of rotatable bonds is 4. The van der Waals surface area contributed by atoms with Crippen molar-refractivity contribution < 1.29 is 9.15 Å². The van der Waals surface area contributed by atoms with Gasteiger partial charge in [-0.1, -0.05) is 11.6 Å². The topological polar surface area (TPSA) is 37.6 Å². The van der Waals surface area contributed by atoms with Crippen molar-refractivity contribution in [3.8, 4) is 5.75 Å². The van der Waals surface area contributed by atoms with E-state index in [1.165, 1.54) is 0 Å². The van der Waals surface area contributed by atoms with Crippen molar-refractivity contribution in [2.24, 2.45) is 0 Å². The molecule has 2 aromatic rings. The number of hydrogen-bond acceptors (Lipinski definition) is 4. The molecule has 1 atom stereocenters. The van der Waals surface area contributed by atoms with Crippen molar-refractivity contribution in [1.82, 2.24) is 10.2 Å². The number of nitrogens with zero attached hydrogens (tertiary/aromatic N) is 1. The molecule has 1 fully saturated rings. The maximum absolute atomic E-state index is 6.23. The number of furan rings is 1. The van der Waals surface area contributed by atoms with Crippen LogP contribution in [-0.4, -0.2) is 38.2 Å². The number of benzene rings is 1. The van der Waals surface area contributed by atoms with Crippen LogP contribution in [0.15, 0.2) is 41.0 Å². The van der Waals surface area contributed by atoms with E-state index in [1.54, 1.807) is 13.4 Å². The molecule has 0 saturated carbocycles. The largest absolute Gasteiger partial charge is 0.496 e. The van der Waals surface area contributed by atoms with E-state index >= 15 is 0 Å². The summed E-state index contributed by atoms with van der Waals surface area (Å²) in [6.07, 6.45) is 2.83. The minimum Gasteiger partial charge on any atom is -0.496 e. The molecule has 1 unspecified atom stereocenters. The van der Waals surface area contributed by atoms with Crippen LogP contribution in [0.3, 0.4) is 0 Å². The molecule has 1 aromatic heterocycles. The van der Waals surface area contributed by atoms with E-state index in [1.807, 2.05) is 30.3 Å². The number of methoxy groups -OCH3 is 1. The molecule has 1 saturated heterocycles. The first kappa shape index (κ1) is 15.4. The van der Waals surface area contributed by atoms with Gasteiger partial charge in [0.2, 0.25) is 0 Å². The molecule has 4 nitrogen and oxygen atoms in total. The fourth-order valence-corrected chi connectivity index (χ4v) is 3.20. The van der Waals surface area contributed by atoms with Gasteiger partial charge in [-0.3, -0.25) is 4.90 Å². The molecular formula is C17H21ClN2O2. The molecule has 0 bridgehead atoms. The number of ether oxygens (including phenoxy) is 1. The molecule has 2 heterocycles. The zero-order valence-electron chi connectivity index (χ0n) is 12.7. The highest BCUT2D eigenvalue weighted by molar-refractivity contribution is 6.30. The highest BCUT2D eigenvalue weighted by Gasteiger charge is 2.28. The first-order valence-corrected chi connectivity index (χ1v) is 7.99. The summed E-state index contributed by atoms with van der Waals surface area (Å²) < 4.78 is 11.3. The van der Waals surface area contributed by atoms with Crippen molar-refractivity contribution in [3.63, 3.8) is 0 Å². The quantitative estimate of drug-likeness (QED) is 0.937. The Kier molecular flexibility index (Phi) is 5.03. The summed E-state index contributed by atoms with van der Waals surface area (Å²) in [5.74, 6) is 1.76. The summed E-state index contributed by atoms with van der Waals surface area (Å²) in [6, 6.07) is 9.71. The van der Waals surface area contributed by atoms with Crippen molar-refractivity contribution in [1.29, 1.82) is 0 Å². The Bertz CT molecular complexity index is 593. The third-order valence-electron chi connectivity index (χ3n) is 4.04. The van der Waals surface area contributed by atoms with Gasteiger partial charge < -0.3 is 14.5 Å². The van der Waals surface area contributed by atoms with Gasteiger partial charge in [-0.05, 0) is 43.3 Å². The van der Waals surface area contributed by atoms with Crippen LogP contribution in [0.5, 0.6) is 5.75 Å². The maximum atomic E-state index is 6.23. The Morgan fingerprint density at radius 1 is 1.27 bits per heavy atom. The van der Waals surface area contributed by atoms with Crippen LogP contribution in [0.4, 0.5) is 0 Å². The summed E-state index contributed by atoms with van der Waals surface area (Å²) in [7, 11) is 1.69. The van der Waals surface area contributed by atoms with Crippen LogP contribution in [-0.2, 0) is 0 Å². The molecule has 5 heteroatoms. The second-order valence-electron chi connectivity index (χ2n) is 5.44. The Morgan fingerprint density at radius 2 is 2.18 bits per heavy atom. The molecule has 22 heavy (non-hydrogen) atoms. The van der Waals surface area contributed by atoms with Gasteiger partial charge in [0.15, 0.2) is 0 Å². The van der Waals surface area contributed by atoms with Gasteiger partial charge in [0, 0.05) is 30.2 Å². The molecular weight excluding hydrogens is 300 g/mol. The van der Waals surface area contributed by atoms with Crippen molar-refractivity contribution in [3.05, 3.63) is 52.9 Å². The maximum Gasteiger partial charge on any atom is 0.125 e. The van der Waals surface area contributed by atoms with Crippen LogP contribution in [0, 0.1) is 0 Å². The van der Waals surface area contributed by atoms with E-state index in [4.69, 9.17) is 20.8 Å². The van der Waals surface area contributed by atoms with Crippen LogP contribution < -0.4 is 10.1 Å². The van der Waals surface area contributed by atoms with Crippen molar-refractivity contribution >= 4 is 11.6 Å². The molecule has 0 spiro atoms. The molecule has 0 radical (unpaired) electrons. The zero-order chi connectivity index (χ0) is 15.4. The van der Waals surface area contributed by atoms with Crippen LogP contribution in [0.25, 0.3) is 0 Å². The Balaban J connectivity index is 2.03. The normalized spacial score (nSPS) is 17.9. The predicted molar refractivity (Wildman–Crippen MR) is 87.6 cm³/mol. The first-order valence-electron chi connectivity index (χ1n) is 7.61. The molecule has 3 rings (SSSR count). The van der Waals surface area contributed by atoms with E-state index in [-0.39, 0.29) is 6.04 Å². The number of hydrogen-bond donors (Lipinski definition) is 1. The lowest BCUT2D eigenvalue weighted by molar-refractivity contribution is 0.212. The van der Waals surface area contributed by atoms with Gasteiger partial charge >= 0.3 is 0 Å². The van der Waals surface area contributed by atoms with Gasteiger partial charge in [-0.2, -0.15) is 0 Å². The van der Waals surface area contributed by atoms with Gasteiger partial charge in [0.25, 0.3) is 0 Å². The lowest BCUT2D eigenvalue weighted by Gasteiger charge is -2.30. The number of halogens is 1. The van der Waals surface area contributed by atoms with Gasteiger partial charge in [0.1, 0.15) is 11.5 Å². The minimum atomic E-state index is 0.0172. The van der Waals surface area contributed by atoms with Crippen molar-refractivity contribution in [2.45, 2.75) is 12.5 Å². The number of nitrogens with one attached hydrogen (secondary N) is 1. The van der Waals surface area contributed by atoms with E-state index in [2.05, 4.69) is 10.2 Å². The van der Waals surface area contributed by atoms with Crippen LogP contribution in [0.1, 0.15) is 23.8 Å². The summed E-state index contributed by atoms with van der Waals surface area (Å²) in [5.41, 5.74) is 1.05. The highest BCUT2D eigenvalue weighted by Crippen LogP contribution is 2.36. The third kappa shape index (κ3) is 3.29. The molecule has 0 aliphatic carbocycles. The highest BCUT2D eigenvalue weighted by atomic mass is 35.5. The Hall–Kier alpha value is -1.49. The molecule has 0 amide bonds. The van der Waals surface area contributed by atoms with E-state index < -0.39 is 0 Å². The summed E-state index contributed by atoms with van der Waals surface area (Å²) >= 11 is 6.23. The fourth-order valence-electron chi connectivity index (χ4n) is 3.02. The monoisotopic (exact) mass is 320 g/mol. The predicted octanol–water partition coefficient (Wildman–Crippen LogP) is 3.33. The van der Waals surface area contributed by atoms with E-state index in [0.29, 0.717) is 5.02 Å². The van der Waals surface area contributed by atoms with Gasteiger partial charge in [-0.25, -0.2) is 0 Å². The average Bonchev–Trinajstić information content (AvgIpc) is 2.91. The second-order valence-corrected chi connectivity index (χ2v) is 5.88. The molecule has 118 valence electrons. The fraction of sp³-hybridized carbons (Fsp3) is 0.412. The van der Waals surface area contributed by atoms with Crippen LogP contribution in [0.2, 0.25) is 5.02 Å². The lowest BCUT2D eigenvalue weighted by atomic mass is 10.0. The van der Waals surface area contributed by atoms with Crippen molar-refractivity contribution in [2.75, 3.05) is 33.3 Å². The first-order chi connectivity index (χ1) is 10.8. The lowest BCUT2D eigenvalue weighted by Crippen LogP contribution is -2.33. The molecule has 1 aliphatic heterocycles. The second kappa shape index (κ2) is 7.18. The third-order valence-corrected chi connectivity index (χ3v) is 4.27. The van der Waals surface area contributed by atoms with E-state index in [9.17, 15) is 0 Å². The molecule has 1 aromatic carbocycles.